The molecule has 1 unspecified atom stereocenters. The monoisotopic (exact) mass is 342 g/mol. The van der Waals surface area contributed by atoms with E-state index in [0.717, 1.165) is 18.5 Å². The molecule has 1 heterocycles. The van der Waals surface area contributed by atoms with E-state index >= 15 is 0 Å². The Morgan fingerprint density at radius 1 is 1.04 bits per heavy atom. The molecule has 2 amide bonds. The Kier molecular flexibility index (Phi) is 5.45. The van der Waals surface area contributed by atoms with Gasteiger partial charge in [-0.15, -0.1) is 0 Å². The third-order valence-corrected chi connectivity index (χ3v) is 6.03. The van der Waals surface area contributed by atoms with E-state index in [2.05, 4.69) is 19.9 Å². The van der Waals surface area contributed by atoms with E-state index in [1.807, 2.05) is 24.1 Å². The first-order valence-corrected chi connectivity index (χ1v) is 9.64. The highest BCUT2D eigenvalue weighted by Gasteiger charge is 2.40. The van der Waals surface area contributed by atoms with Crippen molar-refractivity contribution in [1.29, 1.82) is 0 Å². The van der Waals surface area contributed by atoms with Gasteiger partial charge in [0.25, 0.3) is 0 Å². The van der Waals surface area contributed by atoms with Crippen molar-refractivity contribution in [2.24, 2.45) is 5.92 Å². The number of carbonyl (C=O) groups is 2. The summed E-state index contributed by atoms with van der Waals surface area (Å²) in [6.07, 6.45) is 7.68. The van der Waals surface area contributed by atoms with Crippen molar-refractivity contribution < 1.29 is 9.59 Å². The summed E-state index contributed by atoms with van der Waals surface area (Å²) >= 11 is 0. The second-order valence-corrected chi connectivity index (χ2v) is 7.69. The number of rotatable bonds is 3. The van der Waals surface area contributed by atoms with Crippen LogP contribution in [0.15, 0.2) is 18.2 Å². The molecule has 1 atom stereocenters. The van der Waals surface area contributed by atoms with Gasteiger partial charge in [-0.2, -0.15) is 0 Å². The highest BCUT2D eigenvalue weighted by molar-refractivity contribution is 6.09. The summed E-state index contributed by atoms with van der Waals surface area (Å²) in [7, 11) is 1.89. The van der Waals surface area contributed by atoms with Gasteiger partial charge in [-0.1, -0.05) is 31.7 Å². The Bertz CT molecular complexity index is 647. The molecular formula is C21H30N2O2. The Labute approximate surface area is 151 Å². The average molecular weight is 342 g/mol. The van der Waals surface area contributed by atoms with E-state index in [4.69, 9.17) is 0 Å². The number of carbonyl (C=O) groups excluding carboxylic acids is 2. The molecule has 2 fully saturated rings. The molecule has 1 saturated carbocycles. The lowest BCUT2D eigenvalue weighted by Crippen LogP contribution is -2.43. The fourth-order valence-electron chi connectivity index (χ4n) is 4.13. The zero-order chi connectivity index (χ0) is 18.0. The van der Waals surface area contributed by atoms with Gasteiger partial charge < -0.3 is 9.80 Å². The van der Waals surface area contributed by atoms with Crippen molar-refractivity contribution >= 4 is 17.5 Å². The number of nitrogens with zero attached hydrogens (tertiary/aromatic N) is 2. The van der Waals surface area contributed by atoms with E-state index < -0.39 is 5.92 Å². The van der Waals surface area contributed by atoms with Crippen LogP contribution in [0.3, 0.4) is 0 Å². The summed E-state index contributed by atoms with van der Waals surface area (Å²) in [4.78, 5) is 29.5. The summed E-state index contributed by atoms with van der Waals surface area (Å²) in [6.45, 7) is 4.76. The minimum Gasteiger partial charge on any atom is -0.342 e. The second kappa shape index (κ2) is 7.59. The molecule has 1 aromatic carbocycles. The fraction of sp³-hybridized carbons (Fsp3) is 0.619. The lowest BCUT2D eigenvalue weighted by molar-refractivity contribution is -0.140. The van der Waals surface area contributed by atoms with Crippen LogP contribution in [0.2, 0.25) is 0 Å². The Hall–Kier alpha value is -1.84. The van der Waals surface area contributed by atoms with E-state index in [1.165, 1.54) is 36.8 Å². The molecule has 2 aliphatic rings. The van der Waals surface area contributed by atoms with Gasteiger partial charge in [0, 0.05) is 25.3 Å². The zero-order valence-corrected chi connectivity index (χ0v) is 15.8. The van der Waals surface area contributed by atoms with Crippen LogP contribution in [0.4, 0.5) is 5.69 Å². The predicted octanol–water partition coefficient (Wildman–Crippen LogP) is 3.84. The number of anilines is 1. The molecule has 1 aromatic rings. The van der Waals surface area contributed by atoms with Crippen LogP contribution in [-0.4, -0.2) is 36.3 Å². The predicted molar refractivity (Wildman–Crippen MR) is 101 cm³/mol. The van der Waals surface area contributed by atoms with E-state index in [0.29, 0.717) is 19.0 Å². The Balaban J connectivity index is 1.70. The van der Waals surface area contributed by atoms with Crippen molar-refractivity contribution in [2.75, 3.05) is 18.5 Å². The van der Waals surface area contributed by atoms with Crippen LogP contribution in [-0.2, 0) is 9.59 Å². The number of amides is 2. The first kappa shape index (κ1) is 18.0. The normalized spacial score (nSPS) is 22.1. The third-order valence-electron chi connectivity index (χ3n) is 6.03. The molecule has 1 aliphatic heterocycles. The van der Waals surface area contributed by atoms with Crippen molar-refractivity contribution in [1.82, 2.24) is 4.90 Å². The molecule has 0 aromatic heterocycles. The van der Waals surface area contributed by atoms with Crippen LogP contribution in [0.5, 0.6) is 0 Å². The Morgan fingerprint density at radius 3 is 2.36 bits per heavy atom. The average Bonchev–Trinajstić information content (AvgIpc) is 2.82. The minimum absolute atomic E-state index is 0.0169. The third kappa shape index (κ3) is 3.73. The number of hydrogen-bond acceptors (Lipinski definition) is 2. The number of benzene rings is 1. The number of hydrogen-bond donors (Lipinski definition) is 0. The summed E-state index contributed by atoms with van der Waals surface area (Å²) in [6, 6.07) is 6.39. The number of aryl methyl sites for hydroxylation is 2. The van der Waals surface area contributed by atoms with E-state index in [-0.39, 0.29) is 11.8 Å². The molecule has 0 radical (unpaired) electrons. The maximum atomic E-state index is 12.9. The van der Waals surface area contributed by atoms with Crippen LogP contribution >= 0.6 is 0 Å². The first-order chi connectivity index (χ1) is 12.0. The Morgan fingerprint density at radius 2 is 1.72 bits per heavy atom. The van der Waals surface area contributed by atoms with Crippen LogP contribution in [0, 0.1) is 19.8 Å². The maximum Gasteiger partial charge on any atom is 0.239 e. The second-order valence-electron chi connectivity index (χ2n) is 7.69. The zero-order valence-electron chi connectivity index (χ0n) is 15.8. The van der Waals surface area contributed by atoms with Crippen LogP contribution < -0.4 is 4.90 Å². The molecule has 4 nitrogen and oxygen atoms in total. The molecule has 3 rings (SSSR count). The summed E-state index contributed by atoms with van der Waals surface area (Å²) in [5.41, 5.74) is 3.31. The molecule has 136 valence electrons. The topological polar surface area (TPSA) is 40.6 Å². The highest BCUT2D eigenvalue weighted by Crippen LogP contribution is 2.29. The molecule has 25 heavy (non-hydrogen) atoms. The summed E-state index contributed by atoms with van der Waals surface area (Å²) < 4.78 is 0. The van der Waals surface area contributed by atoms with Crippen LogP contribution in [0.25, 0.3) is 0 Å². The first-order valence-electron chi connectivity index (χ1n) is 9.64. The van der Waals surface area contributed by atoms with Crippen molar-refractivity contribution in [3.8, 4) is 0 Å². The molecule has 0 spiro atoms. The van der Waals surface area contributed by atoms with Gasteiger partial charge in [-0.3, -0.25) is 9.59 Å². The lowest BCUT2D eigenvalue weighted by atomic mass is 10.0. The molecule has 0 bridgehead atoms. The smallest absolute Gasteiger partial charge is 0.239 e. The van der Waals surface area contributed by atoms with Gasteiger partial charge in [0.15, 0.2) is 0 Å². The fourth-order valence-corrected chi connectivity index (χ4v) is 4.13. The molecule has 1 aliphatic carbocycles. The largest absolute Gasteiger partial charge is 0.342 e. The minimum atomic E-state index is -0.505. The van der Waals surface area contributed by atoms with Gasteiger partial charge in [0.1, 0.15) is 5.92 Å². The van der Waals surface area contributed by atoms with Gasteiger partial charge in [0.05, 0.1) is 0 Å². The highest BCUT2D eigenvalue weighted by atomic mass is 16.2. The standard InChI is InChI=1S/C21H30N2O2/c1-15-10-11-18(14-16(15)2)23-13-12-19(21(23)25)20(24)22(3)17-8-6-4-5-7-9-17/h10-11,14,17,19H,4-9,12-13H2,1-3H3. The molecular weight excluding hydrogens is 312 g/mol. The maximum absolute atomic E-state index is 12.9. The van der Waals surface area contributed by atoms with Gasteiger partial charge >= 0.3 is 0 Å². The molecule has 1 saturated heterocycles. The SMILES string of the molecule is Cc1ccc(N2CCC(C(=O)N(C)C3CCCCCC3)C2=O)cc1C. The summed E-state index contributed by atoms with van der Waals surface area (Å²) in [5.74, 6) is -0.521. The van der Waals surface area contributed by atoms with Gasteiger partial charge in [0.2, 0.25) is 11.8 Å². The van der Waals surface area contributed by atoms with Crippen molar-refractivity contribution in [3.63, 3.8) is 0 Å². The van der Waals surface area contributed by atoms with Gasteiger partial charge in [-0.05, 0) is 56.4 Å². The van der Waals surface area contributed by atoms with Crippen LogP contribution in [0.1, 0.15) is 56.1 Å². The van der Waals surface area contributed by atoms with Crippen molar-refractivity contribution in [3.05, 3.63) is 29.3 Å². The van der Waals surface area contributed by atoms with E-state index in [9.17, 15) is 9.59 Å². The van der Waals surface area contributed by atoms with E-state index in [1.54, 1.807) is 4.90 Å². The van der Waals surface area contributed by atoms with Crippen molar-refractivity contribution in [2.45, 2.75) is 64.8 Å². The summed E-state index contributed by atoms with van der Waals surface area (Å²) in [5, 5.41) is 0. The van der Waals surface area contributed by atoms with Gasteiger partial charge in [-0.25, -0.2) is 0 Å². The quantitative estimate of drug-likeness (QED) is 0.618. The molecule has 4 heteroatoms. The lowest BCUT2D eigenvalue weighted by Gasteiger charge is -2.29. The molecule has 0 N–H and O–H groups in total.